The second kappa shape index (κ2) is 6.54. The summed E-state index contributed by atoms with van der Waals surface area (Å²) in [5.41, 5.74) is 0.869. The van der Waals surface area contributed by atoms with E-state index in [9.17, 15) is 4.79 Å². The van der Waals surface area contributed by atoms with Crippen LogP contribution in [0.5, 0.6) is 11.5 Å². The standard InChI is InChI=1S/C15H13N3O4/c1-20-12-5-4-9(6-13(12)21-2)11-8-17-10(7-16)14(18-11)15(19)22-3/h4-6,8H,1-3H3. The summed E-state index contributed by atoms with van der Waals surface area (Å²) in [6.45, 7) is 0. The van der Waals surface area contributed by atoms with Gasteiger partial charge in [0.25, 0.3) is 0 Å². The molecule has 0 saturated carbocycles. The number of carbonyl (C=O) groups excluding carboxylic acids is 1. The van der Waals surface area contributed by atoms with E-state index in [4.69, 9.17) is 14.7 Å². The molecule has 0 spiro atoms. The van der Waals surface area contributed by atoms with Gasteiger partial charge in [-0.3, -0.25) is 0 Å². The van der Waals surface area contributed by atoms with Crippen LogP contribution in [0.2, 0.25) is 0 Å². The molecule has 1 aromatic carbocycles. The van der Waals surface area contributed by atoms with Crippen LogP contribution in [0.25, 0.3) is 11.3 Å². The summed E-state index contributed by atoms with van der Waals surface area (Å²) in [5.74, 6) is 0.373. The van der Waals surface area contributed by atoms with Gasteiger partial charge in [0.2, 0.25) is 0 Å². The van der Waals surface area contributed by atoms with Crippen LogP contribution in [0, 0.1) is 11.3 Å². The van der Waals surface area contributed by atoms with Crippen molar-refractivity contribution in [2.45, 2.75) is 0 Å². The number of aromatic nitrogens is 2. The molecule has 2 aromatic rings. The average molecular weight is 299 g/mol. The summed E-state index contributed by atoms with van der Waals surface area (Å²) in [6.07, 6.45) is 1.41. The van der Waals surface area contributed by atoms with Crippen LogP contribution in [0.1, 0.15) is 16.2 Å². The highest BCUT2D eigenvalue weighted by Crippen LogP contribution is 2.31. The van der Waals surface area contributed by atoms with E-state index in [0.29, 0.717) is 22.8 Å². The highest BCUT2D eigenvalue weighted by molar-refractivity contribution is 5.90. The van der Waals surface area contributed by atoms with Crippen molar-refractivity contribution >= 4 is 5.97 Å². The number of ether oxygens (including phenoxy) is 3. The summed E-state index contributed by atoms with van der Waals surface area (Å²) in [6, 6.07) is 6.98. The van der Waals surface area contributed by atoms with Crippen molar-refractivity contribution in [1.29, 1.82) is 5.26 Å². The molecule has 0 radical (unpaired) electrons. The topological polar surface area (TPSA) is 94.3 Å². The van der Waals surface area contributed by atoms with E-state index < -0.39 is 5.97 Å². The van der Waals surface area contributed by atoms with Crippen molar-refractivity contribution in [1.82, 2.24) is 9.97 Å². The number of methoxy groups -OCH3 is 3. The third-order valence-electron chi connectivity index (χ3n) is 2.94. The molecular weight excluding hydrogens is 286 g/mol. The number of hydrogen-bond donors (Lipinski definition) is 0. The van der Waals surface area contributed by atoms with Crippen molar-refractivity contribution in [2.24, 2.45) is 0 Å². The lowest BCUT2D eigenvalue weighted by Gasteiger charge is -2.10. The lowest BCUT2D eigenvalue weighted by atomic mass is 10.1. The van der Waals surface area contributed by atoms with Gasteiger partial charge in [0, 0.05) is 5.56 Å². The normalized spacial score (nSPS) is 9.73. The fourth-order valence-corrected chi connectivity index (χ4v) is 1.84. The first kappa shape index (κ1) is 15.3. The SMILES string of the molecule is COC(=O)c1nc(-c2ccc(OC)c(OC)c2)cnc1C#N. The molecule has 0 unspecified atom stereocenters. The molecule has 0 aliphatic rings. The van der Waals surface area contributed by atoms with Gasteiger partial charge in [-0.05, 0) is 18.2 Å². The molecule has 1 aromatic heterocycles. The summed E-state index contributed by atoms with van der Waals surface area (Å²) in [4.78, 5) is 19.8. The van der Waals surface area contributed by atoms with Gasteiger partial charge in [-0.15, -0.1) is 0 Å². The molecule has 0 N–H and O–H groups in total. The number of hydrogen-bond acceptors (Lipinski definition) is 7. The Bertz CT molecular complexity index is 753. The van der Waals surface area contributed by atoms with Gasteiger partial charge in [0.15, 0.2) is 22.9 Å². The van der Waals surface area contributed by atoms with E-state index in [1.807, 2.05) is 6.07 Å². The van der Waals surface area contributed by atoms with Crippen molar-refractivity contribution in [3.8, 4) is 28.8 Å². The Labute approximate surface area is 127 Å². The maximum Gasteiger partial charge on any atom is 0.359 e. The van der Waals surface area contributed by atoms with Crippen LogP contribution in [-0.4, -0.2) is 37.3 Å². The summed E-state index contributed by atoms with van der Waals surface area (Å²) in [5, 5.41) is 8.98. The third kappa shape index (κ3) is 2.81. The fourth-order valence-electron chi connectivity index (χ4n) is 1.84. The van der Waals surface area contributed by atoms with Crippen molar-refractivity contribution < 1.29 is 19.0 Å². The maximum atomic E-state index is 11.7. The average Bonchev–Trinajstić information content (AvgIpc) is 2.59. The Balaban J connectivity index is 2.54. The minimum Gasteiger partial charge on any atom is -0.493 e. The smallest absolute Gasteiger partial charge is 0.359 e. The van der Waals surface area contributed by atoms with Crippen molar-refractivity contribution in [3.63, 3.8) is 0 Å². The minimum atomic E-state index is -0.716. The molecule has 7 heteroatoms. The highest BCUT2D eigenvalue weighted by Gasteiger charge is 2.17. The molecule has 22 heavy (non-hydrogen) atoms. The molecular formula is C15H13N3O4. The van der Waals surface area contributed by atoms with E-state index in [1.54, 1.807) is 18.2 Å². The molecule has 0 amide bonds. The number of carbonyl (C=O) groups is 1. The van der Waals surface area contributed by atoms with Crippen LogP contribution in [0.4, 0.5) is 0 Å². The second-order valence-corrected chi connectivity index (χ2v) is 4.13. The zero-order chi connectivity index (χ0) is 16.1. The molecule has 0 aliphatic carbocycles. The zero-order valence-electron chi connectivity index (χ0n) is 12.3. The summed E-state index contributed by atoms with van der Waals surface area (Å²) in [7, 11) is 4.27. The molecule has 2 rings (SSSR count). The lowest BCUT2D eigenvalue weighted by Crippen LogP contribution is -2.09. The van der Waals surface area contributed by atoms with Gasteiger partial charge in [-0.2, -0.15) is 5.26 Å². The van der Waals surface area contributed by atoms with Crippen LogP contribution in [0.15, 0.2) is 24.4 Å². The molecule has 0 saturated heterocycles. The first-order valence-electron chi connectivity index (χ1n) is 6.22. The number of nitriles is 1. The van der Waals surface area contributed by atoms with E-state index in [-0.39, 0.29) is 11.4 Å². The molecule has 0 fully saturated rings. The molecule has 0 aliphatic heterocycles. The summed E-state index contributed by atoms with van der Waals surface area (Å²) >= 11 is 0. The monoisotopic (exact) mass is 299 g/mol. The van der Waals surface area contributed by atoms with Crippen molar-refractivity contribution in [3.05, 3.63) is 35.8 Å². The predicted octanol–water partition coefficient (Wildman–Crippen LogP) is 1.82. The Kier molecular flexibility index (Phi) is 4.53. The van der Waals surface area contributed by atoms with Crippen LogP contribution in [-0.2, 0) is 4.74 Å². The molecule has 7 nitrogen and oxygen atoms in total. The first-order chi connectivity index (χ1) is 10.6. The molecule has 112 valence electrons. The maximum absolute atomic E-state index is 11.7. The molecule has 0 bridgehead atoms. The number of esters is 1. The second-order valence-electron chi connectivity index (χ2n) is 4.13. The zero-order valence-corrected chi connectivity index (χ0v) is 12.3. The Morgan fingerprint density at radius 2 is 1.91 bits per heavy atom. The third-order valence-corrected chi connectivity index (χ3v) is 2.94. The number of benzene rings is 1. The summed E-state index contributed by atoms with van der Waals surface area (Å²) < 4.78 is 15.0. The Morgan fingerprint density at radius 1 is 1.18 bits per heavy atom. The van der Waals surface area contributed by atoms with Gasteiger partial charge in [-0.1, -0.05) is 0 Å². The van der Waals surface area contributed by atoms with Crippen LogP contribution < -0.4 is 9.47 Å². The first-order valence-corrected chi connectivity index (χ1v) is 6.22. The largest absolute Gasteiger partial charge is 0.493 e. The van der Waals surface area contributed by atoms with E-state index in [1.165, 1.54) is 27.5 Å². The van der Waals surface area contributed by atoms with Crippen LogP contribution >= 0.6 is 0 Å². The van der Waals surface area contributed by atoms with Gasteiger partial charge in [0.05, 0.1) is 33.2 Å². The van der Waals surface area contributed by atoms with E-state index in [0.717, 1.165) is 0 Å². The number of nitrogens with zero attached hydrogens (tertiary/aromatic N) is 3. The fraction of sp³-hybridized carbons (Fsp3) is 0.200. The molecule has 1 heterocycles. The Morgan fingerprint density at radius 3 is 2.50 bits per heavy atom. The van der Waals surface area contributed by atoms with Crippen molar-refractivity contribution in [2.75, 3.05) is 21.3 Å². The van der Waals surface area contributed by atoms with Gasteiger partial charge < -0.3 is 14.2 Å². The highest BCUT2D eigenvalue weighted by atomic mass is 16.5. The minimum absolute atomic E-state index is 0.0870. The quantitative estimate of drug-likeness (QED) is 0.795. The number of rotatable bonds is 4. The van der Waals surface area contributed by atoms with Gasteiger partial charge >= 0.3 is 5.97 Å². The lowest BCUT2D eigenvalue weighted by molar-refractivity contribution is 0.0593. The van der Waals surface area contributed by atoms with E-state index in [2.05, 4.69) is 14.7 Å². The Hall–Kier alpha value is -3.14. The molecule has 0 atom stereocenters. The predicted molar refractivity (Wildman–Crippen MR) is 76.6 cm³/mol. The van der Waals surface area contributed by atoms with Crippen LogP contribution in [0.3, 0.4) is 0 Å². The van der Waals surface area contributed by atoms with E-state index >= 15 is 0 Å². The van der Waals surface area contributed by atoms with Gasteiger partial charge in [-0.25, -0.2) is 14.8 Å². The van der Waals surface area contributed by atoms with Gasteiger partial charge in [0.1, 0.15) is 6.07 Å².